The van der Waals surface area contributed by atoms with Gasteiger partial charge in [0.05, 0.1) is 13.2 Å². The molecule has 0 aromatic heterocycles. The van der Waals surface area contributed by atoms with Gasteiger partial charge in [0.25, 0.3) is 0 Å². The Balaban J connectivity index is 1.96. The standard InChI is InChI=1S/C14H17FO4/c15-12-9-10(2-4-14(16)17)1-3-13(12)19-11-5-7-18-8-6-11/h1,3,9,11H,2,4-8H2,(H,16,17). The zero-order chi connectivity index (χ0) is 13.7. The van der Waals surface area contributed by atoms with Crippen molar-refractivity contribution in [1.82, 2.24) is 0 Å². The largest absolute Gasteiger partial charge is 0.487 e. The molecule has 0 bridgehead atoms. The van der Waals surface area contributed by atoms with Crippen molar-refractivity contribution >= 4 is 5.97 Å². The van der Waals surface area contributed by atoms with Gasteiger partial charge in [-0.25, -0.2) is 4.39 Å². The van der Waals surface area contributed by atoms with Gasteiger partial charge in [-0.05, 0) is 24.1 Å². The lowest BCUT2D eigenvalue weighted by Gasteiger charge is -2.23. The van der Waals surface area contributed by atoms with Gasteiger partial charge in [-0.3, -0.25) is 4.79 Å². The number of halogens is 1. The van der Waals surface area contributed by atoms with Crippen LogP contribution in [0.5, 0.6) is 5.75 Å². The third-order valence-electron chi connectivity index (χ3n) is 3.09. The van der Waals surface area contributed by atoms with Crippen LogP contribution < -0.4 is 4.74 Å². The first-order valence-corrected chi connectivity index (χ1v) is 6.40. The van der Waals surface area contributed by atoms with Gasteiger partial charge in [-0.1, -0.05) is 6.07 Å². The molecule has 104 valence electrons. The fraction of sp³-hybridized carbons (Fsp3) is 0.500. The first kappa shape index (κ1) is 13.8. The van der Waals surface area contributed by atoms with Gasteiger partial charge in [0.1, 0.15) is 6.10 Å². The zero-order valence-corrected chi connectivity index (χ0v) is 10.6. The van der Waals surface area contributed by atoms with Crippen LogP contribution in [0.25, 0.3) is 0 Å². The smallest absolute Gasteiger partial charge is 0.303 e. The minimum atomic E-state index is -0.886. The second kappa shape index (κ2) is 6.52. The number of hydrogen-bond donors (Lipinski definition) is 1. The van der Waals surface area contributed by atoms with Crippen molar-refractivity contribution in [1.29, 1.82) is 0 Å². The summed E-state index contributed by atoms with van der Waals surface area (Å²) in [6.07, 6.45) is 1.84. The Hall–Kier alpha value is -1.62. The average Bonchev–Trinajstić information content (AvgIpc) is 2.40. The van der Waals surface area contributed by atoms with Crippen molar-refractivity contribution in [3.63, 3.8) is 0 Å². The Kier molecular flexibility index (Phi) is 4.74. The molecule has 2 rings (SSSR count). The van der Waals surface area contributed by atoms with Crippen LogP contribution in [0.2, 0.25) is 0 Å². The van der Waals surface area contributed by atoms with Crippen LogP contribution in [0, 0.1) is 5.82 Å². The quantitative estimate of drug-likeness (QED) is 0.891. The Morgan fingerprint density at radius 2 is 2.16 bits per heavy atom. The van der Waals surface area contributed by atoms with E-state index in [-0.39, 0.29) is 18.3 Å². The summed E-state index contributed by atoms with van der Waals surface area (Å²) in [5.74, 6) is -1.09. The third kappa shape index (κ3) is 4.21. The van der Waals surface area contributed by atoms with Crippen LogP contribution in [-0.4, -0.2) is 30.4 Å². The summed E-state index contributed by atoms with van der Waals surface area (Å²) in [5, 5.41) is 8.58. The van der Waals surface area contributed by atoms with E-state index in [9.17, 15) is 9.18 Å². The van der Waals surface area contributed by atoms with Crippen molar-refractivity contribution < 1.29 is 23.8 Å². The fourth-order valence-electron chi connectivity index (χ4n) is 2.02. The molecule has 1 saturated heterocycles. The van der Waals surface area contributed by atoms with E-state index in [1.807, 2.05) is 0 Å². The van der Waals surface area contributed by atoms with Crippen molar-refractivity contribution in [2.45, 2.75) is 31.8 Å². The van der Waals surface area contributed by atoms with Gasteiger partial charge in [-0.15, -0.1) is 0 Å². The first-order chi connectivity index (χ1) is 9.15. The molecule has 1 aromatic rings. The molecule has 1 N–H and O–H groups in total. The van der Waals surface area contributed by atoms with Gasteiger partial charge in [0, 0.05) is 19.3 Å². The Morgan fingerprint density at radius 3 is 2.79 bits per heavy atom. The minimum absolute atomic E-state index is 0.000389. The summed E-state index contributed by atoms with van der Waals surface area (Å²) in [6, 6.07) is 4.63. The predicted octanol–water partition coefficient (Wildman–Crippen LogP) is 2.40. The Labute approximate surface area is 111 Å². The van der Waals surface area contributed by atoms with Gasteiger partial charge in [0.15, 0.2) is 11.6 Å². The van der Waals surface area contributed by atoms with Gasteiger partial charge < -0.3 is 14.6 Å². The van der Waals surface area contributed by atoms with Gasteiger partial charge in [-0.2, -0.15) is 0 Å². The lowest BCUT2D eigenvalue weighted by Crippen LogP contribution is -2.26. The molecule has 0 unspecified atom stereocenters. The summed E-state index contributed by atoms with van der Waals surface area (Å²) in [7, 11) is 0. The molecule has 0 spiro atoms. The van der Waals surface area contributed by atoms with Gasteiger partial charge >= 0.3 is 5.97 Å². The molecule has 1 aromatic carbocycles. The molecule has 0 saturated carbocycles. The zero-order valence-electron chi connectivity index (χ0n) is 10.6. The van der Waals surface area contributed by atoms with Crippen molar-refractivity contribution in [2.75, 3.05) is 13.2 Å². The Bertz CT molecular complexity index is 441. The van der Waals surface area contributed by atoms with Crippen LogP contribution in [-0.2, 0) is 16.0 Å². The molecule has 5 heteroatoms. The molecule has 1 fully saturated rings. The lowest BCUT2D eigenvalue weighted by molar-refractivity contribution is -0.136. The van der Waals surface area contributed by atoms with Crippen LogP contribution >= 0.6 is 0 Å². The molecule has 0 amide bonds. The molecular weight excluding hydrogens is 251 g/mol. The van der Waals surface area contributed by atoms with Crippen molar-refractivity contribution in [2.24, 2.45) is 0 Å². The summed E-state index contributed by atoms with van der Waals surface area (Å²) >= 11 is 0. The molecule has 0 atom stereocenters. The fourth-order valence-corrected chi connectivity index (χ4v) is 2.02. The number of aryl methyl sites for hydroxylation is 1. The maximum atomic E-state index is 13.8. The maximum Gasteiger partial charge on any atom is 0.303 e. The number of aliphatic carboxylic acids is 1. The molecule has 19 heavy (non-hydrogen) atoms. The first-order valence-electron chi connectivity index (χ1n) is 6.40. The monoisotopic (exact) mass is 268 g/mol. The SMILES string of the molecule is O=C(O)CCc1ccc(OC2CCOCC2)c(F)c1. The molecule has 1 aliphatic rings. The highest BCUT2D eigenvalue weighted by atomic mass is 19.1. The topological polar surface area (TPSA) is 55.8 Å². The van der Waals surface area contributed by atoms with Gasteiger partial charge in [0.2, 0.25) is 0 Å². The van der Waals surface area contributed by atoms with E-state index < -0.39 is 11.8 Å². The lowest BCUT2D eigenvalue weighted by atomic mass is 10.1. The summed E-state index contributed by atoms with van der Waals surface area (Å²) in [4.78, 5) is 10.5. The van der Waals surface area contributed by atoms with Crippen LogP contribution in [0.3, 0.4) is 0 Å². The molecule has 0 radical (unpaired) electrons. The number of rotatable bonds is 5. The summed E-state index contributed by atoms with van der Waals surface area (Å²) < 4.78 is 24.6. The summed E-state index contributed by atoms with van der Waals surface area (Å²) in [6.45, 7) is 1.28. The number of carboxylic acids is 1. The molecular formula is C14H17FO4. The van der Waals surface area contributed by atoms with E-state index in [1.165, 1.54) is 6.07 Å². The van der Waals surface area contributed by atoms with Crippen molar-refractivity contribution in [3.8, 4) is 5.75 Å². The molecule has 1 heterocycles. The maximum absolute atomic E-state index is 13.8. The molecule has 1 aliphatic heterocycles. The second-order valence-electron chi connectivity index (χ2n) is 4.59. The average molecular weight is 268 g/mol. The van der Waals surface area contributed by atoms with Crippen LogP contribution in [0.1, 0.15) is 24.8 Å². The number of carbonyl (C=O) groups is 1. The third-order valence-corrected chi connectivity index (χ3v) is 3.09. The van der Waals surface area contributed by atoms with E-state index in [2.05, 4.69) is 0 Å². The highest BCUT2D eigenvalue weighted by molar-refractivity contribution is 5.67. The minimum Gasteiger partial charge on any atom is -0.487 e. The highest BCUT2D eigenvalue weighted by Gasteiger charge is 2.17. The number of benzene rings is 1. The second-order valence-corrected chi connectivity index (χ2v) is 4.59. The van der Waals surface area contributed by atoms with Crippen molar-refractivity contribution in [3.05, 3.63) is 29.6 Å². The van der Waals surface area contributed by atoms with E-state index in [0.717, 1.165) is 12.8 Å². The van der Waals surface area contributed by atoms with Crippen LogP contribution in [0.4, 0.5) is 4.39 Å². The van der Waals surface area contributed by atoms with E-state index in [0.29, 0.717) is 25.2 Å². The molecule has 4 nitrogen and oxygen atoms in total. The molecule has 0 aliphatic carbocycles. The van der Waals surface area contributed by atoms with Crippen LogP contribution in [0.15, 0.2) is 18.2 Å². The normalized spacial score (nSPS) is 16.3. The highest BCUT2D eigenvalue weighted by Crippen LogP contribution is 2.23. The predicted molar refractivity (Wildman–Crippen MR) is 66.8 cm³/mol. The van der Waals surface area contributed by atoms with E-state index >= 15 is 0 Å². The number of hydrogen-bond acceptors (Lipinski definition) is 3. The number of ether oxygens (including phenoxy) is 2. The number of carboxylic acid groups (broad SMARTS) is 1. The van der Waals surface area contributed by atoms with E-state index in [1.54, 1.807) is 12.1 Å². The Morgan fingerprint density at radius 1 is 1.42 bits per heavy atom. The van der Waals surface area contributed by atoms with E-state index in [4.69, 9.17) is 14.6 Å². The summed E-state index contributed by atoms with van der Waals surface area (Å²) in [5.41, 5.74) is 0.666.